The molecule has 26 heavy (non-hydrogen) atoms. The fourth-order valence-electron chi connectivity index (χ4n) is 2.32. The number of ether oxygens (including phenoxy) is 1. The number of sulfonamides is 1. The third kappa shape index (κ3) is 4.89. The van der Waals surface area contributed by atoms with Crippen molar-refractivity contribution in [2.24, 2.45) is 0 Å². The highest BCUT2D eigenvalue weighted by Gasteiger charge is 2.27. The molecule has 2 aromatic rings. The molecule has 0 aromatic heterocycles. The number of benzene rings is 2. The quantitative estimate of drug-likeness (QED) is 0.780. The molecule has 0 bridgehead atoms. The largest absolute Gasteiger partial charge is 0.497 e. The molecule has 0 aliphatic carbocycles. The van der Waals surface area contributed by atoms with Crippen LogP contribution in [-0.4, -0.2) is 34.0 Å². The number of nitrogens with zero attached hydrogens (tertiary/aromatic N) is 1. The number of carbonyl (C=O) groups is 1. The Balaban J connectivity index is 2.45. The lowest BCUT2D eigenvalue weighted by atomic mass is 10.3. The summed E-state index contributed by atoms with van der Waals surface area (Å²) in [4.78, 5) is 12.3. The number of rotatable bonds is 7. The zero-order valence-corrected chi connectivity index (χ0v) is 16.3. The number of halogens is 1. The highest BCUT2D eigenvalue weighted by Crippen LogP contribution is 2.27. The molecular weight excluding hydrogens is 376 g/mol. The van der Waals surface area contributed by atoms with Gasteiger partial charge in [0.2, 0.25) is 5.91 Å². The number of hydrogen-bond donors (Lipinski definition) is 1. The zero-order valence-electron chi connectivity index (χ0n) is 14.8. The van der Waals surface area contributed by atoms with Crippen LogP contribution in [0, 0.1) is 0 Å². The van der Waals surface area contributed by atoms with E-state index in [4.69, 9.17) is 16.3 Å². The first-order valence-electron chi connectivity index (χ1n) is 7.96. The van der Waals surface area contributed by atoms with E-state index in [9.17, 15) is 13.2 Å². The maximum Gasteiger partial charge on any atom is 0.264 e. The Morgan fingerprint density at radius 1 is 1.19 bits per heavy atom. The fourth-order valence-corrected chi connectivity index (χ4v) is 3.92. The molecule has 0 aliphatic rings. The molecule has 0 saturated carbocycles. The van der Waals surface area contributed by atoms with E-state index in [-0.39, 0.29) is 17.5 Å². The van der Waals surface area contributed by atoms with E-state index in [1.54, 1.807) is 44.2 Å². The third-order valence-corrected chi connectivity index (χ3v) is 5.50. The van der Waals surface area contributed by atoms with Gasteiger partial charge in [0.1, 0.15) is 12.3 Å². The van der Waals surface area contributed by atoms with Crippen LogP contribution >= 0.6 is 11.6 Å². The first-order chi connectivity index (χ1) is 12.2. The summed E-state index contributed by atoms with van der Waals surface area (Å²) in [5.41, 5.74) is 0.312. The lowest BCUT2D eigenvalue weighted by molar-refractivity contribution is -0.120. The van der Waals surface area contributed by atoms with Gasteiger partial charge in [0.25, 0.3) is 10.0 Å². The minimum Gasteiger partial charge on any atom is -0.497 e. The molecule has 0 saturated heterocycles. The molecule has 0 heterocycles. The molecule has 2 aromatic carbocycles. The van der Waals surface area contributed by atoms with Crippen LogP contribution in [0.1, 0.15) is 13.8 Å². The number of hydrogen-bond acceptors (Lipinski definition) is 4. The lowest BCUT2D eigenvalue weighted by Crippen LogP contribution is -2.42. The van der Waals surface area contributed by atoms with Crippen LogP contribution in [-0.2, 0) is 14.8 Å². The molecule has 1 N–H and O–H groups in total. The molecule has 0 aliphatic heterocycles. The standard InChI is InChI=1S/C18H21ClN2O4S/c1-13(2)20-18(22)12-21(15-6-4-5-14(19)11-15)26(23,24)17-9-7-16(25-3)8-10-17/h4-11,13H,12H2,1-3H3,(H,20,22). The number of amides is 1. The summed E-state index contributed by atoms with van der Waals surface area (Å²) in [7, 11) is -2.47. The van der Waals surface area contributed by atoms with Gasteiger partial charge in [-0.2, -0.15) is 0 Å². The van der Waals surface area contributed by atoms with Gasteiger partial charge in [0.15, 0.2) is 0 Å². The first-order valence-corrected chi connectivity index (χ1v) is 9.77. The van der Waals surface area contributed by atoms with Crippen molar-refractivity contribution in [3.8, 4) is 5.75 Å². The van der Waals surface area contributed by atoms with Gasteiger partial charge in [-0.1, -0.05) is 17.7 Å². The highest BCUT2D eigenvalue weighted by atomic mass is 35.5. The van der Waals surface area contributed by atoms with Gasteiger partial charge in [-0.05, 0) is 56.3 Å². The van der Waals surface area contributed by atoms with E-state index in [1.165, 1.54) is 25.3 Å². The number of carbonyl (C=O) groups excluding carboxylic acids is 1. The summed E-state index contributed by atoms with van der Waals surface area (Å²) in [5.74, 6) is 0.132. The molecule has 1 amide bonds. The lowest BCUT2D eigenvalue weighted by Gasteiger charge is -2.24. The van der Waals surface area contributed by atoms with Crippen molar-refractivity contribution in [1.82, 2.24) is 5.32 Å². The van der Waals surface area contributed by atoms with Crippen molar-refractivity contribution < 1.29 is 17.9 Å². The van der Waals surface area contributed by atoms with Crippen molar-refractivity contribution in [3.05, 3.63) is 53.6 Å². The number of nitrogens with one attached hydrogen (secondary N) is 1. The molecule has 0 unspecified atom stereocenters. The number of anilines is 1. The van der Waals surface area contributed by atoms with Crippen LogP contribution in [0.3, 0.4) is 0 Å². The molecule has 8 heteroatoms. The molecule has 2 rings (SSSR count). The molecule has 140 valence electrons. The summed E-state index contributed by atoms with van der Waals surface area (Å²) in [6.07, 6.45) is 0. The maximum atomic E-state index is 13.1. The fraction of sp³-hybridized carbons (Fsp3) is 0.278. The van der Waals surface area contributed by atoms with Crippen LogP contribution in [0.2, 0.25) is 5.02 Å². The van der Waals surface area contributed by atoms with Gasteiger partial charge in [0, 0.05) is 11.1 Å². The van der Waals surface area contributed by atoms with Crippen molar-refractivity contribution in [1.29, 1.82) is 0 Å². The normalized spacial score (nSPS) is 11.3. The van der Waals surface area contributed by atoms with Gasteiger partial charge >= 0.3 is 0 Å². The maximum absolute atomic E-state index is 13.1. The Labute approximate surface area is 158 Å². The summed E-state index contributed by atoms with van der Waals surface area (Å²) in [5, 5.41) is 3.08. The molecule has 0 fully saturated rings. The van der Waals surface area contributed by atoms with Crippen LogP contribution in [0.4, 0.5) is 5.69 Å². The third-order valence-electron chi connectivity index (χ3n) is 3.48. The van der Waals surface area contributed by atoms with E-state index in [2.05, 4.69) is 5.32 Å². The van der Waals surface area contributed by atoms with E-state index in [0.717, 1.165) is 4.31 Å². The van der Waals surface area contributed by atoms with Gasteiger partial charge < -0.3 is 10.1 Å². The Morgan fingerprint density at radius 2 is 1.85 bits per heavy atom. The van der Waals surface area contributed by atoms with Crippen molar-refractivity contribution in [2.45, 2.75) is 24.8 Å². The Morgan fingerprint density at radius 3 is 2.38 bits per heavy atom. The Bertz CT molecular complexity index is 867. The van der Waals surface area contributed by atoms with Gasteiger partial charge in [-0.15, -0.1) is 0 Å². The van der Waals surface area contributed by atoms with Crippen LogP contribution in [0.15, 0.2) is 53.4 Å². The highest BCUT2D eigenvalue weighted by molar-refractivity contribution is 7.92. The minimum absolute atomic E-state index is 0.0515. The van der Waals surface area contributed by atoms with Crippen LogP contribution in [0.25, 0.3) is 0 Å². The van der Waals surface area contributed by atoms with E-state index in [0.29, 0.717) is 16.5 Å². The van der Waals surface area contributed by atoms with E-state index in [1.807, 2.05) is 0 Å². The molecule has 6 nitrogen and oxygen atoms in total. The summed E-state index contributed by atoms with van der Waals surface area (Å²) in [6.45, 7) is 3.26. The molecule has 0 radical (unpaired) electrons. The second-order valence-electron chi connectivity index (χ2n) is 5.89. The van der Waals surface area contributed by atoms with Crippen molar-refractivity contribution >= 4 is 33.2 Å². The second-order valence-corrected chi connectivity index (χ2v) is 8.19. The van der Waals surface area contributed by atoms with Gasteiger partial charge in [0.05, 0.1) is 17.7 Å². The van der Waals surface area contributed by atoms with Crippen LogP contribution < -0.4 is 14.4 Å². The van der Waals surface area contributed by atoms with Crippen molar-refractivity contribution in [3.63, 3.8) is 0 Å². The minimum atomic E-state index is -3.97. The molecule has 0 spiro atoms. The monoisotopic (exact) mass is 396 g/mol. The summed E-state index contributed by atoms with van der Waals surface area (Å²) in [6, 6.07) is 12.2. The first kappa shape index (κ1) is 20.1. The predicted octanol–water partition coefficient (Wildman–Crippen LogP) is 3.07. The summed E-state index contributed by atoms with van der Waals surface area (Å²) >= 11 is 6.01. The zero-order chi connectivity index (χ0) is 19.3. The molecular formula is C18H21ClN2O4S. The topological polar surface area (TPSA) is 75.7 Å². The smallest absolute Gasteiger partial charge is 0.264 e. The predicted molar refractivity (Wildman–Crippen MR) is 102 cm³/mol. The Hall–Kier alpha value is -2.25. The average Bonchev–Trinajstić information content (AvgIpc) is 2.59. The average molecular weight is 397 g/mol. The van der Waals surface area contributed by atoms with E-state index < -0.39 is 15.9 Å². The second kappa shape index (κ2) is 8.42. The number of methoxy groups -OCH3 is 1. The van der Waals surface area contributed by atoms with Crippen LogP contribution in [0.5, 0.6) is 5.75 Å². The summed E-state index contributed by atoms with van der Waals surface area (Å²) < 4.78 is 32.4. The SMILES string of the molecule is COc1ccc(S(=O)(=O)N(CC(=O)NC(C)C)c2cccc(Cl)c2)cc1. The van der Waals surface area contributed by atoms with Gasteiger partial charge in [-0.25, -0.2) is 8.42 Å². The van der Waals surface area contributed by atoms with E-state index >= 15 is 0 Å². The van der Waals surface area contributed by atoms with Gasteiger partial charge in [-0.3, -0.25) is 9.10 Å². The molecule has 0 atom stereocenters. The Kier molecular flexibility index (Phi) is 6.50. The van der Waals surface area contributed by atoms with Crippen molar-refractivity contribution in [2.75, 3.05) is 18.0 Å².